The van der Waals surface area contributed by atoms with Crippen LogP contribution in [0.4, 0.5) is 4.79 Å². The van der Waals surface area contributed by atoms with Gasteiger partial charge < -0.3 is 24.6 Å². The first-order chi connectivity index (χ1) is 13.7. The molecule has 1 aromatic rings. The fourth-order valence-corrected chi connectivity index (χ4v) is 3.39. The van der Waals surface area contributed by atoms with Crippen LogP contribution in [0.15, 0.2) is 0 Å². The quantitative estimate of drug-likeness (QED) is 0.624. The van der Waals surface area contributed by atoms with E-state index in [1.807, 2.05) is 16.5 Å². The molecule has 10 nitrogen and oxygen atoms in total. The molecule has 1 fully saturated rings. The first kappa shape index (κ1) is 20.5. The summed E-state index contributed by atoms with van der Waals surface area (Å²) in [5.41, 5.74) is 1.72. The van der Waals surface area contributed by atoms with Crippen LogP contribution >= 0.6 is 0 Å². The maximum Gasteiger partial charge on any atom is 0.317 e. The summed E-state index contributed by atoms with van der Waals surface area (Å²) >= 11 is 0. The first-order valence-corrected chi connectivity index (χ1v) is 10.1. The predicted octanol–water partition coefficient (Wildman–Crippen LogP) is 0.0213. The summed E-state index contributed by atoms with van der Waals surface area (Å²) in [6.07, 6.45) is 1.73. The fraction of sp³-hybridized carbons (Fsp3) is 0.778. The molecular weight excluding hydrogens is 364 g/mol. The normalized spacial score (nSPS) is 16.8. The third-order valence-electron chi connectivity index (χ3n) is 5.01. The van der Waals surface area contributed by atoms with Crippen LogP contribution in [0.2, 0.25) is 0 Å². The van der Waals surface area contributed by atoms with E-state index >= 15 is 0 Å². The highest BCUT2D eigenvalue weighted by Gasteiger charge is 2.25. The van der Waals surface area contributed by atoms with Crippen molar-refractivity contribution in [3.63, 3.8) is 0 Å². The summed E-state index contributed by atoms with van der Waals surface area (Å²) < 4.78 is 12.4. The number of aromatic nitrogens is 3. The van der Waals surface area contributed by atoms with Crippen LogP contribution < -0.4 is 5.32 Å². The van der Waals surface area contributed by atoms with Gasteiger partial charge in [0.25, 0.3) is 0 Å². The number of rotatable bonds is 8. The van der Waals surface area contributed by atoms with Crippen molar-refractivity contribution in [1.82, 2.24) is 30.1 Å². The summed E-state index contributed by atoms with van der Waals surface area (Å²) in [5, 5.41) is 11.4. The largest absolute Gasteiger partial charge is 0.382 e. The molecule has 0 radical (unpaired) electrons. The number of aryl methyl sites for hydroxylation is 1. The van der Waals surface area contributed by atoms with E-state index in [-0.39, 0.29) is 11.9 Å². The van der Waals surface area contributed by atoms with Crippen LogP contribution in [-0.2, 0) is 33.8 Å². The average molecular weight is 394 g/mol. The van der Waals surface area contributed by atoms with E-state index in [1.54, 1.807) is 4.90 Å². The number of carbonyl (C=O) groups is 2. The topological polar surface area (TPSA) is 102 Å². The minimum absolute atomic E-state index is 0.0840. The van der Waals surface area contributed by atoms with Gasteiger partial charge in [-0.3, -0.25) is 4.79 Å². The zero-order chi connectivity index (χ0) is 19.8. The molecular formula is C18H30N6O4. The van der Waals surface area contributed by atoms with Crippen molar-refractivity contribution in [3.05, 3.63) is 11.4 Å². The van der Waals surface area contributed by atoms with Crippen molar-refractivity contribution in [1.29, 1.82) is 0 Å². The Balaban J connectivity index is 1.48. The zero-order valence-electron chi connectivity index (χ0n) is 16.6. The smallest absolute Gasteiger partial charge is 0.317 e. The van der Waals surface area contributed by atoms with Gasteiger partial charge in [-0.05, 0) is 13.3 Å². The van der Waals surface area contributed by atoms with Gasteiger partial charge in [0.15, 0.2) is 0 Å². The van der Waals surface area contributed by atoms with Crippen LogP contribution in [0.25, 0.3) is 0 Å². The summed E-state index contributed by atoms with van der Waals surface area (Å²) in [6, 6.07) is -0.0840. The SMILES string of the molecule is CCOCCCNC(=O)N1CCn2nnc(CCC(=O)N3CCOCC3)c2C1. The van der Waals surface area contributed by atoms with Crippen LogP contribution in [-0.4, -0.2) is 89.3 Å². The molecule has 1 aromatic heterocycles. The van der Waals surface area contributed by atoms with Crippen molar-refractivity contribution in [2.45, 2.75) is 39.3 Å². The molecule has 0 spiro atoms. The number of nitrogens with one attached hydrogen (secondary N) is 1. The third-order valence-corrected chi connectivity index (χ3v) is 5.01. The zero-order valence-corrected chi connectivity index (χ0v) is 16.6. The highest BCUT2D eigenvalue weighted by atomic mass is 16.5. The van der Waals surface area contributed by atoms with E-state index in [9.17, 15) is 9.59 Å². The average Bonchev–Trinajstić information content (AvgIpc) is 3.14. The Hall–Kier alpha value is -2.20. The summed E-state index contributed by atoms with van der Waals surface area (Å²) in [4.78, 5) is 28.4. The van der Waals surface area contributed by atoms with Crippen molar-refractivity contribution in [2.75, 3.05) is 52.6 Å². The fourth-order valence-electron chi connectivity index (χ4n) is 3.39. The number of morpholine rings is 1. The Morgan fingerprint density at radius 2 is 2.00 bits per heavy atom. The molecule has 3 heterocycles. The van der Waals surface area contributed by atoms with Crippen molar-refractivity contribution >= 4 is 11.9 Å². The minimum atomic E-state index is -0.0840. The molecule has 2 aliphatic heterocycles. The maximum absolute atomic E-state index is 12.4. The van der Waals surface area contributed by atoms with Crippen molar-refractivity contribution in [3.8, 4) is 0 Å². The van der Waals surface area contributed by atoms with E-state index < -0.39 is 0 Å². The minimum Gasteiger partial charge on any atom is -0.382 e. The lowest BCUT2D eigenvalue weighted by Gasteiger charge is -2.28. The van der Waals surface area contributed by atoms with Gasteiger partial charge in [0.1, 0.15) is 0 Å². The summed E-state index contributed by atoms with van der Waals surface area (Å²) in [5.74, 6) is 0.116. The number of ether oxygens (including phenoxy) is 2. The van der Waals surface area contributed by atoms with Crippen LogP contribution in [0, 0.1) is 0 Å². The Morgan fingerprint density at radius 3 is 2.79 bits per heavy atom. The van der Waals surface area contributed by atoms with E-state index in [2.05, 4.69) is 15.6 Å². The Labute approximate surface area is 165 Å². The number of nitrogens with zero attached hydrogens (tertiary/aromatic N) is 5. The maximum atomic E-state index is 12.4. The van der Waals surface area contributed by atoms with Gasteiger partial charge in [0.05, 0.1) is 37.7 Å². The van der Waals surface area contributed by atoms with Gasteiger partial charge in [-0.1, -0.05) is 5.21 Å². The molecule has 0 aromatic carbocycles. The van der Waals surface area contributed by atoms with E-state index in [4.69, 9.17) is 9.47 Å². The Bertz CT molecular complexity index is 659. The van der Waals surface area contributed by atoms with Crippen LogP contribution in [0.1, 0.15) is 31.2 Å². The lowest BCUT2D eigenvalue weighted by atomic mass is 10.1. The van der Waals surface area contributed by atoms with Gasteiger partial charge in [-0.2, -0.15) is 0 Å². The second-order valence-corrected chi connectivity index (χ2v) is 6.90. The van der Waals surface area contributed by atoms with Gasteiger partial charge in [-0.15, -0.1) is 5.10 Å². The molecule has 3 amide bonds. The number of amides is 3. The van der Waals surface area contributed by atoms with Gasteiger partial charge in [0, 0.05) is 52.2 Å². The first-order valence-electron chi connectivity index (χ1n) is 10.1. The van der Waals surface area contributed by atoms with E-state index in [0.717, 1.165) is 17.8 Å². The molecule has 0 bridgehead atoms. The summed E-state index contributed by atoms with van der Waals surface area (Å²) in [6.45, 7) is 8.05. The monoisotopic (exact) mass is 394 g/mol. The number of carbonyl (C=O) groups excluding carboxylic acids is 2. The molecule has 3 rings (SSSR count). The van der Waals surface area contributed by atoms with Gasteiger partial charge >= 0.3 is 6.03 Å². The lowest BCUT2D eigenvalue weighted by Crippen LogP contribution is -2.44. The number of urea groups is 1. The van der Waals surface area contributed by atoms with E-state index in [0.29, 0.717) is 78.5 Å². The highest BCUT2D eigenvalue weighted by Crippen LogP contribution is 2.16. The molecule has 28 heavy (non-hydrogen) atoms. The molecule has 0 saturated carbocycles. The van der Waals surface area contributed by atoms with Gasteiger partial charge in [-0.25, -0.2) is 9.48 Å². The standard InChI is InChI=1S/C18H30N6O4/c1-2-27-11-3-6-19-18(26)23-7-8-24-16(14-23)15(20-21-24)4-5-17(25)22-9-12-28-13-10-22/h2-14H2,1H3,(H,19,26). The van der Waals surface area contributed by atoms with Gasteiger partial charge in [0.2, 0.25) is 5.91 Å². The predicted molar refractivity (Wildman–Crippen MR) is 101 cm³/mol. The molecule has 10 heteroatoms. The van der Waals surface area contributed by atoms with Crippen molar-refractivity contribution in [2.24, 2.45) is 0 Å². The number of hydrogen-bond donors (Lipinski definition) is 1. The second-order valence-electron chi connectivity index (χ2n) is 6.90. The number of fused-ring (bicyclic) bond motifs is 1. The molecule has 2 aliphatic rings. The molecule has 1 N–H and O–H groups in total. The second kappa shape index (κ2) is 10.4. The van der Waals surface area contributed by atoms with Crippen LogP contribution in [0.3, 0.4) is 0 Å². The highest BCUT2D eigenvalue weighted by molar-refractivity contribution is 5.76. The third kappa shape index (κ3) is 5.41. The lowest BCUT2D eigenvalue weighted by molar-refractivity contribution is -0.135. The Morgan fingerprint density at radius 1 is 1.18 bits per heavy atom. The Kier molecular flexibility index (Phi) is 7.61. The van der Waals surface area contributed by atoms with E-state index in [1.165, 1.54) is 0 Å². The van der Waals surface area contributed by atoms with Crippen molar-refractivity contribution < 1.29 is 19.1 Å². The summed E-state index contributed by atoms with van der Waals surface area (Å²) in [7, 11) is 0. The molecule has 156 valence electrons. The molecule has 1 saturated heterocycles. The number of hydrogen-bond acceptors (Lipinski definition) is 6. The molecule has 0 unspecified atom stereocenters. The van der Waals surface area contributed by atoms with Crippen LogP contribution in [0.5, 0.6) is 0 Å². The molecule has 0 aliphatic carbocycles. The molecule has 0 atom stereocenters.